The fraction of sp³-hybridized carbons (Fsp3) is 0.636. The summed E-state index contributed by atoms with van der Waals surface area (Å²) in [5.74, 6) is 0.847. The topological polar surface area (TPSA) is 47.0 Å². The summed E-state index contributed by atoms with van der Waals surface area (Å²) >= 11 is 0. The smallest absolute Gasteiger partial charge is 0.130 e. The standard InChI is InChI=1S/C11H19N3O/c1-9(2)13-8-10-4-6-12-11(14-10)5-7-15-3/h4,6,9,13H,5,7-8H2,1-3H3. The first-order valence-electron chi connectivity index (χ1n) is 5.25. The second-order valence-corrected chi connectivity index (χ2v) is 3.74. The molecule has 0 saturated heterocycles. The predicted octanol–water partition coefficient (Wildman–Crippen LogP) is 1.16. The Morgan fingerprint density at radius 1 is 1.47 bits per heavy atom. The van der Waals surface area contributed by atoms with Gasteiger partial charge in [0.25, 0.3) is 0 Å². The Bertz CT molecular complexity index is 289. The van der Waals surface area contributed by atoms with Crippen LogP contribution in [0, 0.1) is 0 Å². The van der Waals surface area contributed by atoms with E-state index in [1.807, 2.05) is 6.07 Å². The van der Waals surface area contributed by atoms with Crippen molar-refractivity contribution in [2.45, 2.75) is 32.9 Å². The Kier molecular flexibility index (Phi) is 5.21. The van der Waals surface area contributed by atoms with Crippen LogP contribution in [0.15, 0.2) is 12.3 Å². The van der Waals surface area contributed by atoms with Crippen molar-refractivity contribution in [2.24, 2.45) is 0 Å². The number of nitrogens with zero attached hydrogens (tertiary/aromatic N) is 2. The van der Waals surface area contributed by atoms with Gasteiger partial charge in [0.2, 0.25) is 0 Å². The lowest BCUT2D eigenvalue weighted by Gasteiger charge is -2.08. The highest BCUT2D eigenvalue weighted by Gasteiger charge is 2.00. The summed E-state index contributed by atoms with van der Waals surface area (Å²) in [4.78, 5) is 8.61. The molecule has 1 N–H and O–H groups in total. The Hall–Kier alpha value is -1.00. The van der Waals surface area contributed by atoms with E-state index in [2.05, 4.69) is 29.1 Å². The summed E-state index contributed by atoms with van der Waals surface area (Å²) in [7, 11) is 1.68. The largest absolute Gasteiger partial charge is 0.384 e. The molecule has 0 unspecified atom stereocenters. The lowest BCUT2D eigenvalue weighted by Crippen LogP contribution is -2.22. The SMILES string of the molecule is COCCc1nccc(CNC(C)C)n1. The molecule has 1 heterocycles. The Morgan fingerprint density at radius 2 is 2.27 bits per heavy atom. The predicted molar refractivity (Wildman–Crippen MR) is 59.6 cm³/mol. The maximum Gasteiger partial charge on any atom is 0.130 e. The van der Waals surface area contributed by atoms with Gasteiger partial charge in [-0.15, -0.1) is 0 Å². The molecule has 0 atom stereocenters. The summed E-state index contributed by atoms with van der Waals surface area (Å²) in [6.45, 7) is 5.70. The molecule has 0 fully saturated rings. The third-order valence-corrected chi connectivity index (χ3v) is 1.98. The number of nitrogens with one attached hydrogen (secondary N) is 1. The van der Waals surface area contributed by atoms with E-state index >= 15 is 0 Å². The van der Waals surface area contributed by atoms with Crippen LogP contribution in [0.4, 0.5) is 0 Å². The minimum atomic E-state index is 0.474. The second kappa shape index (κ2) is 6.48. The zero-order chi connectivity index (χ0) is 11.1. The van der Waals surface area contributed by atoms with Crippen LogP contribution in [-0.4, -0.2) is 29.7 Å². The van der Waals surface area contributed by atoms with E-state index in [-0.39, 0.29) is 0 Å². The van der Waals surface area contributed by atoms with E-state index in [0.29, 0.717) is 12.6 Å². The van der Waals surface area contributed by atoms with Gasteiger partial charge >= 0.3 is 0 Å². The quantitative estimate of drug-likeness (QED) is 0.764. The highest BCUT2D eigenvalue weighted by molar-refractivity contribution is 5.02. The molecule has 4 heteroatoms. The van der Waals surface area contributed by atoms with E-state index < -0.39 is 0 Å². The van der Waals surface area contributed by atoms with Crippen molar-refractivity contribution in [3.05, 3.63) is 23.8 Å². The first kappa shape index (κ1) is 12.1. The summed E-state index contributed by atoms with van der Waals surface area (Å²) in [5.41, 5.74) is 1.03. The van der Waals surface area contributed by atoms with Gasteiger partial charge in [-0.2, -0.15) is 0 Å². The van der Waals surface area contributed by atoms with Gasteiger partial charge in [-0.1, -0.05) is 13.8 Å². The molecule has 0 spiro atoms. The lowest BCUT2D eigenvalue weighted by molar-refractivity contribution is 0.200. The lowest BCUT2D eigenvalue weighted by atomic mass is 10.3. The van der Waals surface area contributed by atoms with Crippen LogP contribution in [0.25, 0.3) is 0 Å². The number of ether oxygens (including phenoxy) is 1. The van der Waals surface area contributed by atoms with Crippen LogP contribution in [0.2, 0.25) is 0 Å². The average Bonchev–Trinajstić information content (AvgIpc) is 2.24. The van der Waals surface area contributed by atoms with Crippen LogP contribution in [0.1, 0.15) is 25.4 Å². The molecule has 0 aliphatic rings. The third kappa shape index (κ3) is 4.85. The molecular formula is C11H19N3O. The average molecular weight is 209 g/mol. The monoisotopic (exact) mass is 209 g/mol. The number of aromatic nitrogens is 2. The van der Waals surface area contributed by atoms with Crippen LogP contribution < -0.4 is 5.32 Å². The number of rotatable bonds is 6. The number of hydrogen-bond donors (Lipinski definition) is 1. The maximum atomic E-state index is 4.99. The summed E-state index contributed by atoms with van der Waals surface area (Å²) in [6.07, 6.45) is 2.57. The normalized spacial score (nSPS) is 10.9. The van der Waals surface area contributed by atoms with Crippen molar-refractivity contribution >= 4 is 0 Å². The molecule has 0 aromatic carbocycles. The van der Waals surface area contributed by atoms with Crippen LogP contribution in [0.5, 0.6) is 0 Å². The molecule has 0 saturated carbocycles. The van der Waals surface area contributed by atoms with E-state index in [0.717, 1.165) is 24.5 Å². The van der Waals surface area contributed by atoms with Gasteiger partial charge in [-0.25, -0.2) is 9.97 Å². The maximum absolute atomic E-state index is 4.99. The first-order valence-corrected chi connectivity index (χ1v) is 5.25. The zero-order valence-electron chi connectivity index (χ0n) is 9.66. The van der Waals surface area contributed by atoms with Crippen molar-refractivity contribution in [3.8, 4) is 0 Å². The first-order chi connectivity index (χ1) is 7.22. The molecule has 15 heavy (non-hydrogen) atoms. The second-order valence-electron chi connectivity index (χ2n) is 3.74. The fourth-order valence-electron chi connectivity index (χ4n) is 1.16. The highest BCUT2D eigenvalue weighted by Crippen LogP contribution is 1.97. The molecule has 0 radical (unpaired) electrons. The van der Waals surface area contributed by atoms with Crippen molar-refractivity contribution in [1.29, 1.82) is 0 Å². The van der Waals surface area contributed by atoms with Crippen molar-refractivity contribution < 1.29 is 4.74 Å². The van der Waals surface area contributed by atoms with Gasteiger partial charge in [-0.3, -0.25) is 0 Å². The van der Waals surface area contributed by atoms with Gasteiger partial charge in [0.1, 0.15) is 5.82 Å². The van der Waals surface area contributed by atoms with Crippen molar-refractivity contribution in [1.82, 2.24) is 15.3 Å². The fourth-order valence-corrected chi connectivity index (χ4v) is 1.16. The summed E-state index contributed by atoms with van der Waals surface area (Å²) < 4.78 is 4.99. The van der Waals surface area contributed by atoms with Gasteiger partial charge in [-0.05, 0) is 6.07 Å². The minimum Gasteiger partial charge on any atom is -0.384 e. The molecule has 0 bridgehead atoms. The highest BCUT2D eigenvalue weighted by atomic mass is 16.5. The molecule has 0 aliphatic carbocycles. The summed E-state index contributed by atoms with van der Waals surface area (Å²) in [6, 6.07) is 2.41. The number of methoxy groups -OCH3 is 1. The Labute approximate surface area is 91.1 Å². The molecular weight excluding hydrogens is 190 g/mol. The van der Waals surface area contributed by atoms with Gasteiger partial charge in [0, 0.05) is 32.3 Å². The Balaban J connectivity index is 2.50. The van der Waals surface area contributed by atoms with Crippen molar-refractivity contribution in [3.63, 3.8) is 0 Å². The third-order valence-electron chi connectivity index (χ3n) is 1.98. The van der Waals surface area contributed by atoms with E-state index in [1.165, 1.54) is 0 Å². The Morgan fingerprint density at radius 3 is 2.93 bits per heavy atom. The van der Waals surface area contributed by atoms with E-state index in [9.17, 15) is 0 Å². The van der Waals surface area contributed by atoms with Gasteiger partial charge in [0.15, 0.2) is 0 Å². The van der Waals surface area contributed by atoms with Crippen LogP contribution in [-0.2, 0) is 17.7 Å². The van der Waals surface area contributed by atoms with E-state index in [1.54, 1.807) is 13.3 Å². The molecule has 1 aromatic heterocycles. The van der Waals surface area contributed by atoms with Gasteiger partial charge in [0.05, 0.1) is 12.3 Å². The van der Waals surface area contributed by atoms with Gasteiger partial charge < -0.3 is 10.1 Å². The molecule has 1 rings (SSSR count). The zero-order valence-corrected chi connectivity index (χ0v) is 9.66. The van der Waals surface area contributed by atoms with Crippen LogP contribution in [0.3, 0.4) is 0 Å². The molecule has 84 valence electrons. The molecule has 1 aromatic rings. The molecule has 0 aliphatic heterocycles. The van der Waals surface area contributed by atoms with Crippen LogP contribution >= 0.6 is 0 Å². The van der Waals surface area contributed by atoms with Crippen molar-refractivity contribution in [2.75, 3.05) is 13.7 Å². The van der Waals surface area contributed by atoms with E-state index in [4.69, 9.17) is 4.74 Å². The number of hydrogen-bond acceptors (Lipinski definition) is 4. The summed E-state index contributed by atoms with van der Waals surface area (Å²) in [5, 5.41) is 3.32. The molecule has 0 amide bonds. The minimum absolute atomic E-state index is 0.474. The molecule has 4 nitrogen and oxygen atoms in total.